The molecule has 0 saturated heterocycles. The van der Waals surface area contributed by atoms with Gasteiger partial charge in [0.15, 0.2) is 16.6 Å². The molecule has 0 aliphatic carbocycles. The third-order valence-corrected chi connectivity index (χ3v) is 4.50. The van der Waals surface area contributed by atoms with Gasteiger partial charge in [0.2, 0.25) is 0 Å². The Bertz CT molecular complexity index is 1040. The summed E-state index contributed by atoms with van der Waals surface area (Å²) in [5.74, 6) is -0.233. The second-order valence-corrected chi connectivity index (χ2v) is 6.23. The predicted octanol–water partition coefficient (Wildman–Crippen LogP) is 4.09. The lowest BCUT2D eigenvalue weighted by Crippen LogP contribution is -2.13. The zero-order valence-electron chi connectivity index (χ0n) is 14.4. The number of aromatic nitrogens is 1. The first-order valence-electron chi connectivity index (χ1n) is 7.74. The number of amides is 1. The average Bonchev–Trinajstić information content (AvgIpc) is 3.15. The molecule has 0 bridgehead atoms. The smallest absolute Gasteiger partial charge is 0.260 e. The van der Waals surface area contributed by atoms with Crippen LogP contribution in [0.4, 0.5) is 9.52 Å². The molecule has 1 heterocycles. The maximum Gasteiger partial charge on any atom is 0.260 e. The predicted molar refractivity (Wildman–Crippen MR) is 99.7 cm³/mol. The van der Waals surface area contributed by atoms with Crippen LogP contribution >= 0.6 is 11.3 Å². The van der Waals surface area contributed by atoms with Crippen LogP contribution in [0.25, 0.3) is 11.3 Å². The molecule has 6 nitrogen and oxygen atoms in total. The summed E-state index contributed by atoms with van der Waals surface area (Å²) in [5, 5.41) is 13.4. The Kier molecular flexibility index (Phi) is 5.33. The van der Waals surface area contributed by atoms with Crippen molar-refractivity contribution in [3.05, 3.63) is 58.7 Å². The van der Waals surface area contributed by atoms with Crippen LogP contribution in [0.3, 0.4) is 0 Å². The lowest BCUT2D eigenvalue weighted by Gasteiger charge is -2.08. The molecular formula is C19H14FN3O3S. The van der Waals surface area contributed by atoms with Crippen LogP contribution in [0.2, 0.25) is 0 Å². The van der Waals surface area contributed by atoms with E-state index in [9.17, 15) is 9.18 Å². The number of carbonyl (C=O) groups is 1. The minimum Gasteiger partial charge on any atom is -0.493 e. The van der Waals surface area contributed by atoms with Crippen molar-refractivity contribution in [3.63, 3.8) is 0 Å². The molecule has 136 valence electrons. The Labute approximate surface area is 158 Å². The first-order chi connectivity index (χ1) is 13.0. The van der Waals surface area contributed by atoms with E-state index < -0.39 is 11.7 Å². The van der Waals surface area contributed by atoms with Crippen molar-refractivity contribution in [2.45, 2.75) is 0 Å². The molecule has 0 aliphatic heterocycles. The number of nitrogens with one attached hydrogen (secondary N) is 1. The zero-order chi connectivity index (χ0) is 19.4. The molecule has 0 aliphatic rings. The summed E-state index contributed by atoms with van der Waals surface area (Å²) in [6, 6.07) is 10.9. The van der Waals surface area contributed by atoms with Crippen molar-refractivity contribution in [1.29, 1.82) is 5.26 Å². The molecule has 0 atom stereocenters. The standard InChI is InChI=1S/C19H14FN3O3S/c1-25-16-6-4-12(8-17(16)26-2)15-10-27-19(22-15)23-18(24)13-5-3-11(9-21)7-14(13)20/h3-8,10H,1-2H3,(H,22,23,24). The van der Waals surface area contributed by atoms with Crippen LogP contribution in [-0.4, -0.2) is 25.1 Å². The minimum absolute atomic E-state index is 0.147. The number of anilines is 1. The van der Waals surface area contributed by atoms with Crippen molar-refractivity contribution in [2.24, 2.45) is 0 Å². The first-order valence-corrected chi connectivity index (χ1v) is 8.62. The highest BCUT2D eigenvalue weighted by molar-refractivity contribution is 7.14. The Balaban J connectivity index is 1.80. The average molecular weight is 383 g/mol. The summed E-state index contributed by atoms with van der Waals surface area (Å²) in [5.41, 5.74) is 1.41. The molecule has 1 amide bonds. The third kappa shape index (κ3) is 3.88. The summed E-state index contributed by atoms with van der Waals surface area (Å²) in [4.78, 5) is 16.6. The van der Waals surface area contributed by atoms with Gasteiger partial charge in [-0.3, -0.25) is 10.1 Å². The number of carbonyl (C=O) groups excluding carboxylic acids is 1. The number of benzene rings is 2. The molecule has 3 aromatic rings. The lowest BCUT2D eigenvalue weighted by molar-refractivity contribution is 0.102. The lowest BCUT2D eigenvalue weighted by atomic mass is 10.1. The van der Waals surface area contributed by atoms with Gasteiger partial charge in [-0.1, -0.05) is 0 Å². The fourth-order valence-electron chi connectivity index (χ4n) is 2.39. The van der Waals surface area contributed by atoms with E-state index >= 15 is 0 Å². The van der Waals surface area contributed by atoms with E-state index in [4.69, 9.17) is 14.7 Å². The molecule has 3 rings (SSSR count). The van der Waals surface area contributed by atoms with Gasteiger partial charge in [0, 0.05) is 10.9 Å². The third-order valence-electron chi connectivity index (χ3n) is 3.75. The molecule has 0 saturated carbocycles. The number of ether oxygens (including phenoxy) is 2. The van der Waals surface area contributed by atoms with E-state index in [0.717, 1.165) is 11.6 Å². The summed E-state index contributed by atoms with van der Waals surface area (Å²) >= 11 is 1.21. The monoisotopic (exact) mass is 383 g/mol. The summed E-state index contributed by atoms with van der Waals surface area (Å²) < 4.78 is 24.4. The maximum absolute atomic E-state index is 14.0. The molecule has 0 fully saturated rings. The molecule has 1 N–H and O–H groups in total. The van der Waals surface area contributed by atoms with E-state index in [0.29, 0.717) is 22.3 Å². The highest BCUT2D eigenvalue weighted by Crippen LogP contribution is 2.33. The molecule has 0 unspecified atom stereocenters. The normalized spacial score (nSPS) is 10.1. The summed E-state index contributed by atoms with van der Waals surface area (Å²) in [6.45, 7) is 0. The van der Waals surface area contributed by atoms with Crippen LogP contribution in [0.15, 0.2) is 41.8 Å². The van der Waals surface area contributed by atoms with Crippen molar-refractivity contribution >= 4 is 22.4 Å². The fourth-order valence-corrected chi connectivity index (χ4v) is 3.11. The maximum atomic E-state index is 14.0. The Morgan fingerprint density at radius 3 is 2.63 bits per heavy atom. The molecular weight excluding hydrogens is 369 g/mol. The number of halogens is 1. The van der Waals surface area contributed by atoms with Crippen molar-refractivity contribution in [1.82, 2.24) is 4.98 Å². The molecule has 2 aromatic carbocycles. The SMILES string of the molecule is COc1ccc(-c2csc(NC(=O)c3ccc(C#N)cc3F)n2)cc1OC. The van der Waals surface area contributed by atoms with E-state index in [1.165, 1.54) is 23.5 Å². The number of methoxy groups -OCH3 is 2. The van der Waals surface area contributed by atoms with Gasteiger partial charge in [0.05, 0.1) is 37.1 Å². The highest BCUT2D eigenvalue weighted by atomic mass is 32.1. The van der Waals surface area contributed by atoms with Crippen LogP contribution in [0.1, 0.15) is 15.9 Å². The number of thiazole rings is 1. The fraction of sp³-hybridized carbons (Fsp3) is 0.105. The van der Waals surface area contributed by atoms with Crippen molar-refractivity contribution in [2.75, 3.05) is 19.5 Å². The van der Waals surface area contributed by atoms with Gasteiger partial charge in [-0.15, -0.1) is 11.3 Å². The Morgan fingerprint density at radius 1 is 1.19 bits per heavy atom. The van der Waals surface area contributed by atoms with Gasteiger partial charge < -0.3 is 9.47 Å². The van der Waals surface area contributed by atoms with Crippen LogP contribution in [0, 0.1) is 17.1 Å². The first kappa shape index (κ1) is 18.4. The number of nitriles is 1. The van der Waals surface area contributed by atoms with E-state index in [2.05, 4.69) is 10.3 Å². The van der Waals surface area contributed by atoms with Crippen LogP contribution < -0.4 is 14.8 Å². The highest BCUT2D eigenvalue weighted by Gasteiger charge is 2.15. The van der Waals surface area contributed by atoms with Crippen LogP contribution in [-0.2, 0) is 0 Å². The molecule has 0 radical (unpaired) electrons. The summed E-state index contributed by atoms with van der Waals surface area (Å²) in [6.07, 6.45) is 0. The van der Waals surface area contributed by atoms with E-state index in [1.807, 2.05) is 12.1 Å². The molecule has 8 heteroatoms. The number of rotatable bonds is 5. The van der Waals surface area contributed by atoms with E-state index in [-0.39, 0.29) is 11.1 Å². The Morgan fingerprint density at radius 2 is 1.96 bits per heavy atom. The zero-order valence-corrected chi connectivity index (χ0v) is 15.3. The second-order valence-electron chi connectivity index (χ2n) is 5.37. The van der Waals surface area contributed by atoms with Crippen LogP contribution in [0.5, 0.6) is 11.5 Å². The summed E-state index contributed by atoms with van der Waals surface area (Å²) in [7, 11) is 3.09. The van der Waals surface area contributed by atoms with Gasteiger partial charge in [-0.05, 0) is 36.4 Å². The number of nitrogens with zero attached hydrogens (tertiary/aromatic N) is 2. The second kappa shape index (κ2) is 7.85. The van der Waals surface area contributed by atoms with Crippen molar-refractivity contribution in [3.8, 4) is 28.8 Å². The van der Waals surface area contributed by atoms with Gasteiger partial charge in [-0.2, -0.15) is 5.26 Å². The molecule has 0 spiro atoms. The number of hydrogen-bond acceptors (Lipinski definition) is 6. The van der Waals surface area contributed by atoms with E-state index in [1.54, 1.807) is 31.7 Å². The number of hydrogen-bond donors (Lipinski definition) is 1. The largest absolute Gasteiger partial charge is 0.493 e. The minimum atomic E-state index is -0.761. The van der Waals surface area contributed by atoms with Gasteiger partial charge >= 0.3 is 0 Å². The van der Waals surface area contributed by atoms with Crippen molar-refractivity contribution < 1.29 is 18.7 Å². The topological polar surface area (TPSA) is 84.2 Å². The van der Waals surface area contributed by atoms with Gasteiger partial charge in [-0.25, -0.2) is 9.37 Å². The van der Waals surface area contributed by atoms with Gasteiger partial charge in [0.1, 0.15) is 5.82 Å². The molecule has 27 heavy (non-hydrogen) atoms. The van der Waals surface area contributed by atoms with Gasteiger partial charge in [0.25, 0.3) is 5.91 Å². The quantitative estimate of drug-likeness (QED) is 0.717. The Hall–Kier alpha value is -3.44. The molecule has 1 aromatic heterocycles.